The number of rotatable bonds is 0. The molecule has 4 heteroatoms. The highest BCUT2D eigenvalue weighted by atomic mass is 35.5. The van der Waals surface area contributed by atoms with Crippen LogP contribution in [-0.2, 0) is 0 Å². The number of halogens is 1. The van der Waals surface area contributed by atoms with E-state index in [2.05, 4.69) is 4.90 Å². The molecule has 1 rings (SSSR count). The first-order chi connectivity index (χ1) is 5.11. The van der Waals surface area contributed by atoms with Crippen molar-refractivity contribution in [3.63, 3.8) is 0 Å². The number of amides is 1. The second-order valence-corrected chi connectivity index (χ2v) is 3.38. The molecule has 0 radical (unpaired) electrons. The molecule has 0 aliphatic carbocycles. The Hall–Kier alpha value is -0.280. The van der Waals surface area contributed by atoms with E-state index >= 15 is 0 Å². The molecule has 0 bridgehead atoms. The molecule has 1 unspecified atom stereocenters. The van der Waals surface area contributed by atoms with Crippen LogP contribution in [0.4, 0.5) is 4.79 Å². The highest BCUT2D eigenvalue weighted by molar-refractivity contribution is 6.62. The van der Waals surface area contributed by atoms with Gasteiger partial charge in [-0.15, -0.1) is 0 Å². The molecule has 0 saturated carbocycles. The number of carbonyl (C=O) groups excluding carboxylic acids is 1. The minimum absolute atomic E-state index is 0.249. The van der Waals surface area contributed by atoms with Crippen LogP contribution in [0.3, 0.4) is 0 Å². The summed E-state index contributed by atoms with van der Waals surface area (Å²) in [5, 5.41) is -0.328. The van der Waals surface area contributed by atoms with Gasteiger partial charge < -0.3 is 9.80 Å². The molecule has 0 spiro atoms. The molecule has 3 nitrogen and oxygen atoms in total. The van der Waals surface area contributed by atoms with Gasteiger partial charge in [0.25, 0.3) is 0 Å². The average Bonchev–Trinajstić information content (AvgIpc) is 1.85. The van der Waals surface area contributed by atoms with E-state index < -0.39 is 0 Å². The van der Waals surface area contributed by atoms with Crippen LogP contribution in [0.2, 0.25) is 0 Å². The zero-order valence-corrected chi connectivity index (χ0v) is 7.64. The molecule has 1 amide bonds. The number of likely N-dealkylation sites (N-methyl/N-ethyl adjacent to an activating group) is 1. The fourth-order valence-corrected chi connectivity index (χ4v) is 1.65. The fraction of sp³-hybridized carbons (Fsp3) is 0.857. The summed E-state index contributed by atoms with van der Waals surface area (Å²) in [6, 6.07) is 0.249. The van der Waals surface area contributed by atoms with Crippen molar-refractivity contribution < 1.29 is 4.79 Å². The summed E-state index contributed by atoms with van der Waals surface area (Å²) in [6.45, 7) is 4.59. The van der Waals surface area contributed by atoms with Crippen LogP contribution in [0.5, 0.6) is 0 Å². The summed E-state index contributed by atoms with van der Waals surface area (Å²) < 4.78 is 0. The molecular weight excluding hydrogens is 164 g/mol. The first-order valence-corrected chi connectivity index (χ1v) is 4.13. The Morgan fingerprint density at radius 2 is 2.18 bits per heavy atom. The number of nitrogens with zero attached hydrogens (tertiary/aromatic N) is 2. The van der Waals surface area contributed by atoms with Gasteiger partial charge in [-0.2, -0.15) is 0 Å². The standard InChI is InChI=1S/C7H13ClN2O/c1-6-5-9(2)3-4-10(6)7(8)11/h6H,3-5H2,1-2H3. The predicted molar refractivity (Wildman–Crippen MR) is 44.9 cm³/mol. The molecule has 0 aromatic heterocycles. The van der Waals surface area contributed by atoms with Crippen molar-refractivity contribution in [1.29, 1.82) is 0 Å². The Balaban J connectivity index is 2.50. The third kappa shape index (κ3) is 2.07. The van der Waals surface area contributed by atoms with Gasteiger partial charge in [-0.1, -0.05) is 0 Å². The smallest absolute Gasteiger partial charge is 0.316 e. The van der Waals surface area contributed by atoms with E-state index in [1.807, 2.05) is 14.0 Å². The number of piperazine rings is 1. The van der Waals surface area contributed by atoms with Gasteiger partial charge in [-0.25, -0.2) is 0 Å². The van der Waals surface area contributed by atoms with E-state index in [0.29, 0.717) is 0 Å². The normalized spacial score (nSPS) is 27.2. The van der Waals surface area contributed by atoms with Crippen molar-refractivity contribution in [2.24, 2.45) is 0 Å². The van der Waals surface area contributed by atoms with Gasteiger partial charge in [0.05, 0.1) is 0 Å². The Bertz CT molecular complexity index is 163. The van der Waals surface area contributed by atoms with E-state index in [4.69, 9.17) is 11.6 Å². The first-order valence-electron chi connectivity index (χ1n) is 3.76. The highest BCUT2D eigenvalue weighted by Gasteiger charge is 2.23. The Kier molecular flexibility index (Phi) is 2.73. The lowest BCUT2D eigenvalue weighted by Gasteiger charge is -2.36. The van der Waals surface area contributed by atoms with E-state index in [9.17, 15) is 4.79 Å². The van der Waals surface area contributed by atoms with Crippen LogP contribution in [0.25, 0.3) is 0 Å². The van der Waals surface area contributed by atoms with Gasteiger partial charge in [0, 0.05) is 25.7 Å². The van der Waals surface area contributed by atoms with E-state index in [1.165, 1.54) is 0 Å². The predicted octanol–water partition coefficient (Wildman–Crippen LogP) is 0.981. The van der Waals surface area contributed by atoms with Gasteiger partial charge in [-0.3, -0.25) is 4.79 Å². The second-order valence-electron chi connectivity index (χ2n) is 3.06. The minimum atomic E-state index is -0.328. The Labute approximate surface area is 71.9 Å². The molecule has 0 N–H and O–H groups in total. The van der Waals surface area contributed by atoms with Gasteiger partial charge in [0.15, 0.2) is 0 Å². The zero-order chi connectivity index (χ0) is 8.43. The summed E-state index contributed by atoms with van der Waals surface area (Å²) in [4.78, 5) is 14.7. The summed E-state index contributed by atoms with van der Waals surface area (Å²) in [6.07, 6.45) is 0. The van der Waals surface area contributed by atoms with Gasteiger partial charge >= 0.3 is 5.37 Å². The molecule has 1 aliphatic rings. The lowest BCUT2D eigenvalue weighted by atomic mass is 10.2. The topological polar surface area (TPSA) is 23.6 Å². The van der Waals surface area contributed by atoms with E-state index in [1.54, 1.807) is 4.90 Å². The summed E-state index contributed by atoms with van der Waals surface area (Å²) >= 11 is 5.37. The monoisotopic (exact) mass is 176 g/mol. The SMILES string of the molecule is CC1CN(C)CCN1C(=O)Cl. The second kappa shape index (κ2) is 3.41. The molecule has 11 heavy (non-hydrogen) atoms. The van der Waals surface area contributed by atoms with Crippen LogP contribution in [-0.4, -0.2) is 47.9 Å². The van der Waals surface area contributed by atoms with Crippen molar-refractivity contribution in [3.8, 4) is 0 Å². The largest absolute Gasteiger partial charge is 0.324 e. The van der Waals surface area contributed by atoms with Crippen LogP contribution in [0.15, 0.2) is 0 Å². The van der Waals surface area contributed by atoms with Crippen molar-refractivity contribution in [2.75, 3.05) is 26.7 Å². The summed E-state index contributed by atoms with van der Waals surface area (Å²) in [7, 11) is 2.05. The third-order valence-electron chi connectivity index (χ3n) is 2.06. The number of carbonyl (C=O) groups is 1. The maximum atomic E-state index is 10.8. The summed E-state index contributed by atoms with van der Waals surface area (Å²) in [5.74, 6) is 0. The molecule has 64 valence electrons. The van der Waals surface area contributed by atoms with Crippen molar-refractivity contribution in [3.05, 3.63) is 0 Å². The van der Waals surface area contributed by atoms with E-state index in [-0.39, 0.29) is 11.4 Å². The zero-order valence-electron chi connectivity index (χ0n) is 6.88. The van der Waals surface area contributed by atoms with E-state index in [0.717, 1.165) is 19.6 Å². The Morgan fingerprint density at radius 1 is 1.55 bits per heavy atom. The molecule has 1 saturated heterocycles. The molecule has 0 aromatic carbocycles. The number of hydrogen-bond acceptors (Lipinski definition) is 2. The van der Waals surface area contributed by atoms with Crippen molar-refractivity contribution >= 4 is 17.0 Å². The molecule has 1 fully saturated rings. The quantitative estimate of drug-likeness (QED) is 0.406. The summed E-state index contributed by atoms with van der Waals surface area (Å²) in [5.41, 5.74) is 0. The maximum absolute atomic E-state index is 10.8. The van der Waals surface area contributed by atoms with Gasteiger partial charge in [0.2, 0.25) is 0 Å². The Morgan fingerprint density at radius 3 is 2.64 bits per heavy atom. The van der Waals surface area contributed by atoms with Gasteiger partial charge in [0.1, 0.15) is 0 Å². The molecule has 1 aliphatic heterocycles. The maximum Gasteiger partial charge on any atom is 0.316 e. The molecule has 1 heterocycles. The number of hydrogen-bond donors (Lipinski definition) is 0. The van der Waals surface area contributed by atoms with Crippen LogP contribution >= 0.6 is 11.6 Å². The first kappa shape index (κ1) is 8.81. The minimum Gasteiger partial charge on any atom is -0.324 e. The fourth-order valence-electron chi connectivity index (χ4n) is 1.40. The third-order valence-corrected chi connectivity index (χ3v) is 2.27. The van der Waals surface area contributed by atoms with Gasteiger partial charge in [-0.05, 0) is 25.6 Å². The molecule has 1 atom stereocenters. The van der Waals surface area contributed by atoms with Crippen LogP contribution in [0.1, 0.15) is 6.92 Å². The van der Waals surface area contributed by atoms with Crippen molar-refractivity contribution in [1.82, 2.24) is 9.80 Å². The average molecular weight is 177 g/mol. The highest BCUT2D eigenvalue weighted by Crippen LogP contribution is 2.09. The lowest BCUT2D eigenvalue weighted by molar-refractivity contribution is 0.131. The molecule has 0 aromatic rings. The van der Waals surface area contributed by atoms with Crippen LogP contribution in [0, 0.1) is 0 Å². The lowest BCUT2D eigenvalue weighted by Crippen LogP contribution is -2.51. The van der Waals surface area contributed by atoms with Crippen molar-refractivity contribution in [2.45, 2.75) is 13.0 Å². The van der Waals surface area contributed by atoms with Crippen LogP contribution < -0.4 is 0 Å². The molecular formula is C7H13ClN2O.